The van der Waals surface area contributed by atoms with E-state index >= 15 is 0 Å². The fourth-order valence-electron chi connectivity index (χ4n) is 3.80. The predicted molar refractivity (Wildman–Crippen MR) is 126 cm³/mol. The van der Waals surface area contributed by atoms with Crippen molar-refractivity contribution in [2.24, 2.45) is 0 Å². The minimum atomic E-state index is -0.196. The number of unbranched alkanes of at least 4 members (excludes halogenated alkanes) is 2. The molecule has 0 amide bonds. The van der Waals surface area contributed by atoms with Crippen LogP contribution in [-0.4, -0.2) is 49.7 Å². The Balaban J connectivity index is 2.05. The van der Waals surface area contributed by atoms with Crippen molar-refractivity contribution < 1.29 is 28.5 Å². The molecule has 0 spiro atoms. The van der Waals surface area contributed by atoms with Crippen molar-refractivity contribution in [3.05, 3.63) is 45.3 Å². The molecule has 0 aromatic carbocycles. The molecule has 0 radical (unpaired) electrons. The summed E-state index contributed by atoms with van der Waals surface area (Å²) in [5.41, 5.74) is 2.32. The van der Waals surface area contributed by atoms with E-state index in [0.717, 1.165) is 19.3 Å². The monoisotopic (exact) mass is 464 g/mol. The van der Waals surface area contributed by atoms with Gasteiger partial charge in [-0.15, -0.1) is 0 Å². The van der Waals surface area contributed by atoms with Crippen LogP contribution in [0.1, 0.15) is 46.0 Å². The maximum absolute atomic E-state index is 12.5. The first-order valence-corrected chi connectivity index (χ1v) is 10.8. The van der Waals surface area contributed by atoms with E-state index in [0.29, 0.717) is 56.4 Å². The highest BCUT2D eigenvalue weighted by atomic mass is 32.1. The van der Waals surface area contributed by atoms with Crippen molar-refractivity contribution >= 4 is 45.7 Å². The number of rotatable bonds is 10. The van der Waals surface area contributed by atoms with E-state index in [1.54, 1.807) is 13.8 Å². The zero-order valence-electron chi connectivity index (χ0n) is 18.8. The molecule has 0 saturated carbocycles. The fourth-order valence-corrected chi connectivity index (χ4v) is 4.66. The standard InChI is InChI=1S/C23H28O6S2/c1-12-16(24)20(28-5)14(22(30)18(12)26-3)10-8-7-9-11-15-21(29-6)17(25)13(2)19(27-4)23(15)31/h7-11H2,1-6H3. The highest BCUT2D eigenvalue weighted by Crippen LogP contribution is 2.32. The third-order valence-corrected chi connectivity index (χ3v) is 6.32. The molecule has 8 heteroatoms. The summed E-state index contributed by atoms with van der Waals surface area (Å²) in [6.07, 6.45) is 3.60. The van der Waals surface area contributed by atoms with Crippen molar-refractivity contribution in [3.8, 4) is 0 Å². The van der Waals surface area contributed by atoms with E-state index in [1.807, 2.05) is 0 Å². The summed E-state index contributed by atoms with van der Waals surface area (Å²) >= 11 is 11.1. The van der Waals surface area contributed by atoms with Gasteiger partial charge in [-0.3, -0.25) is 9.59 Å². The summed E-state index contributed by atoms with van der Waals surface area (Å²) in [6.45, 7) is 3.37. The van der Waals surface area contributed by atoms with Crippen LogP contribution in [0.3, 0.4) is 0 Å². The molecule has 0 fully saturated rings. The second-order valence-corrected chi connectivity index (χ2v) is 8.03. The largest absolute Gasteiger partial charge is 0.495 e. The summed E-state index contributed by atoms with van der Waals surface area (Å²) in [7, 11) is 5.97. The Hall–Kier alpha value is -2.32. The lowest BCUT2D eigenvalue weighted by Gasteiger charge is -2.23. The van der Waals surface area contributed by atoms with Crippen LogP contribution in [0.4, 0.5) is 0 Å². The van der Waals surface area contributed by atoms with E-state index in [9.17, 15) is 9.59 Å². The topological polar surface area (TPSA) is 71.1 Å². The van der Waals surface area contributed by atoms with Crippen LogP contribution < -0.4 is 0 Å². The van der Waals surface area contributed by atoms with E-state index < -0.39 is 0 Å². The maximum Gasteiger partial charge on any atom is 0.227 e. The number of thiocarbonyl (C=S) groups is 2. The highest BCUT2D eigenvalue weighted by Gasteiger charge is 2.32. The normalized spacial score (nSPS) is 17.7. The first-order valence-electron chi connectivity index (χ1n) is 9.97. The summed E-state index contributed by atoms with van der Waals surface area (Å²) in [5, 5.41) is 0. The van der Waals surface area contributed by atoms with Crippen LogP contribution in [0.25, 0.3) is 0 Å². The molecule has 0 heterocycles. The quantitative estimate of drug-likeness (QED) is 0.346. The highest BCUT2D eigenvalue weighted by molar-refractivity contribution is 7.81. The number of carbonyl (C=O) groups is 2. The van der Waals surface area contributed by atoms with E-state index in [2.05, 4.69) is 0 Å². The lowest BCUT2D eigenvalue weighted by atomic mass is 9.90. The van der Waals surface area contributed by atoms with Crippen LogP contribution in [0.5, 0.6) is 0 Å². The maximum atomic E-state index is 12.5. The molecule has 0 bridgehead atoms. The Morgan fingerprint density at radius 3 is 1.19 bits per heavy atom. The van der Waals surface area contributed by atoms with Gasteiger partial charge in [0.1, 0.15) is 11.5 Å². The molecule has 0 aromatic heterocycles. The molecule has 0 atom stereocenters. The van der Waals surface area contributed by atoms with Crippen LogP contribution >= 0.6 is 24.4 Å². The third-order valence-electron chi connectivity index (χ3n) is 5.45. The number of hydrogen-bond acceptors (Lipinski definition) is 8. The van der Waals surface area contributed by atoms with Crippen molar-refractivity contribution in [3.63, 3.8) is 0 Å². The average Bonchev–Trinajstić information content (AvgIpc) is 2.75. The first-order chi connectivity index (χ1) is 14.7. The van der Waals surface area contributed by atoms with Gasteiger partial charge >= 0.3 is 0 Å². The van der Waals surface area contributed by atoms with Crippen LogP contribution in [0.15, 0.2) is 45.3 Å². The number of ether oxygens (including phenoxy) is 4. The number of hydrogen-bond donors (Lipinski definition) is 0. The van der Waals surface area contributed by atoms with E-state index in [-0.39, 0.29) is 23.1 Å². The van der Waals surface area contributed by atoms with Crippen molar-refractivity contribution in [2.45, 2.75) is 46.0 Å². The number of Topliss-reactive ketones (excluding diaryl/α,β-unsaturated/α-hetero) is 2. The molecule has 2 aliphatic rings. The number of methoxy groups -OCH3 is 4. The second kappa shape index (κ2) is 10.8. The molecule has 0 N–H and O–H groups in total. The Bertz CT molecular complexity index is 873. The predicted octanol–water partition coefficient (Wildman–Crippen LogP) is 4.48. The van der Waals surface area contributed by atoms with Gasteiger partial charge in [0.25, 0.3) is 0 Å². The average molecular weight is 465 g/mol. The number of allylic oxidation sites excluding steroid dienone is 4. The first kappa shape index (κ1) is 24.9. The fraction of sp³-hybridized carbons (Fsp3) is 0.478. The SMILES string of the molecule is COC1=C(C)C(=O)C(OC)=C(CCCCCC2=C(OC)C(=O)C(C)=C(OC)C2=S)C1=S. The van der Waals surface area contributed by atoms with Gasteiger partial charge in [0.15, 0.2) is 11.5 Å². The van der Waals surface area contributed by atoms with Crippen molar-refractivity contribution in [1.82, 2.24) is 0 Å². The molecule has 6 nitrogen and oxygen atoms in total. The van der Waals surface area contributed by atoms with Gasteiger partial charge in [0, 0.05) is 22.3 Å². The summed E-state index contributed by atoms with van der Waals surface area (Å²) in [6, 6.07) is 0. The molecule has 0 unspecified atom stereocenters. The molecule has 0 aromatic rings. The minimum Gasteiger partial charge on any atom is -0.495 e. The lowest BCUT2D eigenvalue weighted by molar-refractivity contribution is -0.116. The van der Waals surface area contributed by atoms with Gasteiger partial charge in [-0.05, 0) is 39.5 Å². The Kier molecular flexibility index (Phi) is 8.70. The smallest absolute Gasteiger partial charge is 0.227 e. The van der Waals surface area contributed by atoms with Crippen LogP contribution in [0, 0.1) is 0 Å². The third kappa shape index (κ3) is 4.80. The van der Waals surface area contributed by atoms with E-state index in [4.69, 9.17) is 43.4 Å². The molecular formula is C23H28O6S2. The summed E-state index contributed by atoms with van der Waals surface area (Å²) in [4.78, 5) is 26.1. The summed E-state index contributed by atoms with van der Waals surface area (Å²) < 4.78 is 21.4. The van der Waals surface area contributed by atoms with Gasteiger partial charge in [-0.1, -0.05) is 30.9 Å². The van der Waals surface area contributed by atoms with Gasteiger partial charge in [-0.25, -0.2) is 0 Å². The van der Waals surface area contributed by atoms with Gasteiger partial charge < -0.3 is 18.9 Å². The van der Waals surface area contributed by atoms with Crippen molar-refractivity contribution in [1.29, 1.82) is 0 Å². The molecule has 0 saturated heterocycles. The molecule has 2 aliphatic carbocycles. The molecule has 0 aliphatic heterocycles. The zero-order valence-corrected chi connectivity index (χ0v) is 20.4. The van der Waals surface area contributed by atoms with Crippen LogP contribution in [0.2, 0.25) is 0 Å². The minimum absolute atomic E-state index is 0.196. The second-order valence-electron chi connectivity index (χ2n) is 7.22. The molecular weight excluding hydrogens is 436 g/mol. The Morgan fingerprint density at radius 2 is 0.903 bits per heavy atom. The van der Waals surface area contributed by atoms with E-state index in [1.165, 1.54) is 28.4 Å². The van der Waals surface area contributed by atoms with Gasteiger partial charge in [-0.2, -0.15) is 0 Å². The lowest BCUT2D eigenvalue weighted by Crippen LogP contribution is -2.24. The van der Waals surface area contributed by atoms with Crippen LogP contribution in [-0.2, 0) is 28.5 Å². The van der Waals surface area contributed by atoms with Gasteiger partial charge in [0.05, 0.1) is 38.2 Å². The van der Waals surface area contributed by atoms with Gasteiger partial charge in [0.2, 0.25) is 11.6 Å². The molecule has 31 heavy (non-hydrogen) atoms. The Labute approximate surface area is 193 Å². The number of carbonyl (C=O) groups excluding carboxylic acids is 2. The molecule has 168 valence electrons. The van der Waals surface area contributed by atoms with Crippen molar-refractivity contribution in [2.75, 3.05) is 28.4 Å². The Morgan fingerprint density at radius 1 is 0.581 bits per heavy atom. The summed E-state index contributed by atoms with van der Waals surface area (Å²) in [5.74, 6) is 1.06. The zero-order chi connectivity index (χ0) is 23.3. The number of ketones is 2. The molecule has 2 rings (SSSR count).